The molecule has 2 unspecified atom stereocenters. The molecule has 2 rings (SSSR count). The Kier molecular flexibility index (Phi) is 7.29. The highest BCUT2D eigenvalue weighted by molar-refractivity contribution is 7.91. The Labute approximate surface area is 184 Å². The molecule has 2 heterocycles. The summed E-state index contributed by atoms with van der Waals surface area (Å²) in [7, 11) is 0. The monoisotopic (exact) mass is 435 g/mol. The average Bonchev–Trinajstić information content (AvgIpc) is 2.88. The Morgan fingerprint density at radius 3 is 2.40 bits per heavy atom. The van der Waals surface area contributed by atoms with Crippen LogP contribution in [-0.2, 0) is 11.4 Å². The second-order valence-corrected chi connectivity index (χ2v) is 12.7. The lowest BCUT2D eigenvalue weighted by Gasteiger charge is -2.42. The molecule has 0 aliphatic carbocycles. The molecule has 1 N–H and O–H groups in total. The topological polar surface area (TPSA) is 88.9 Å². The van der Waals surface area contributed by atoms with Gasteiger partial charge < -0.3 is 14.6 Å². The van der Waals surface area contributed by atoms with Crippen LogP contribution in [0.4, 0.5) is 4.79 Å². The Bertz CT molecular complexity index is 766. The fraction of sp³-hybridized carbons (Fsp3) is 0.696. The number of rotatable bonds is 5. The van der Waals surface area contributed by atoms with Gasteiger partial charge in [0.1, 0.15) is 21.8 Å². The van der Waals surface area contributed by atoms with E-state index in [0.29, 0.717) is 13.0 Å². The average molecular weight is 436 g/mol. The Morgan fingerprint density at radius 2 is 1.93 bits per heavy atom. The third-order valence-electron chi connectivity index (χ3n) is 5.94. The molecule has 1 aliphatic heterocycles. The summed E-state index contributed by atoms with van der Waals surface area (Å²) < 4.78 is 16.8. The van der Waals surface area contributed by atoms with Gasteiger partial charge in [0.25, 0.3) is 0 Å². The van der Waals surface area contributed by atoms with Gasteiger partial charge in [0.15, 0.2) is 0 Å². The van der Waals surface area contributed by atoms with E-state index in [1.54, 1.807) is 11.1 Å². The molecule has 1 aromatic heterocycles. The minimum Gasteiger partial charge on any atom is -0.591 e. The van der Waals surface area contributed by atoms with Gasteiger partial charge in [-0.15, -0.1) is 0 Å². The molecule has 0 aromatic carbocycles. The molecule has 0 saturated carbocycles. The number of pyridine rings is 1. The van der Waals surface area contributed by atoms with Gasteiger partial charge >= 0.3 is 6.09 Å². The molecule has 168 valence electrons. The molecule has 0 radical (unpaired) electrons. The van der Waals surface area contributed by atoms with Crippen molar-refractivity contribution in [2.75, 3.05) is 6.54 Å². The van der Waals surface area contributed by atoms with Crippen LogP contribution in [0.1, 0.15) is 73.9 Å². The molecule has 1 amide bonds. The van der Waals surface area contributed by atoms with E-state index in [4.69, 9.17) is 0 Å². The summed E-state index contributed by atoms with van der Waals surface area (Å²) in [6, 6.07) is 5.64. The number of hydrogen-bond acceptors (Lipinski definition) is 4. The predicted octanol–water partition coefficient (Wildman–Crippen LogP) is 5.16. The Balaban J connectivity index is 2.33. The second-order valence-electron chi connectivity index (χ2n) is 10.8. The van der Waals surface area contributed by atoms with Gasteiger partial charge in [-0.2, -0.15) is 0 Å². The maximum Gasteiger partial charge on any atom is 0.407 e. The highest BCUT2D eigenvalue weighted by atomic mass is 32.2. The van der Waals surface area contributed by atoms with Crippen molar-refractivity contribution in [1.29, 1.82) is 0 Å². The zero-order valence-electron chi connectivity index (χ0n) is 19.6. The molecule has 1 aliphatic rings. The number of hydrogen-bond donors (Lipinski definition) is 1. The molecule has 30 heavy (non-hydrogen) atoms. The molecule has 7 heteroatoms. The summed E-state index contributed by atoms with van der Waals surface area (Å²) >= 11 is -1.38. The van der Waals surface area contributed by atoms with Crippen LogP contribution < -0.4 is 0 Å². The lowest BCUT2D eigenvalue weighted by atomic mass is 9.65. The largest absolute Gasteiger partial charge is 0.591 e. The van der Waals surface area contributed by atoms with Crippen molar-refractivity contribution in [3.05, 3.63) is 30.1 Å². The van der Waals surface area contributed by atoms with E-state index in [1.165, 1.54) is 0 Å². The summed E-state index contributed by atoms with van der Waals surface area (Å²) in [6.45, 7) is 16.8. The number of carboxylic acid groups (broad SMARTS) is 1. The van der Waals surface area contributed by atoms with Crippen molar-refractivity contribution in [3.8, 4) is 0 Å². The maximum absolute atomic E-state index is 12.7. The van der Waals surface area contributed by atoms with Crippen LogP contribution in [0.15, 0.2) is 28.8 Å². The van der Waals surface area contributed by atoms with E-state index in [2.05, 4.69) is 30.2 Å². The first-order valence-electron chi connectivity index (χ1n) is 10.6. The number of carbonyl (C=O) groups is 1. The first-order chi connectivity index (χ1) is 13.7. The van der Waals surface area contributed by atoms with Crippen molar-refractivity contribution in [3.63, 3.8) is 0 Å². The minimum absolute atomic E-state index is 0.0467. The quantitative estimate of drug-likeness (QED) is 0.511. The molecule has 1 aromatic rings. The van der Waals surface area contributed by atoms with Gasteiger partial charge in [-0.3, -0.25) is 4.98 Å². The maximum atomic E-state index is 12.7. The first-order valence-corrected chi connectivity index (χ1v) is 11.7. The first kappa shape index (κ1) is 24.7. The SMILES string of the molecule is CC(C)(C)C1[C@H](CCC(=N[S+]([O-])C(C)(C)C)c2ccccn2)CN(C(=O)O)C1(C)C. The van der Waals surface area contributed by atoms with E-state index in [1.807, 2.05) is 52.8 Å². The summed E-state index contributed by atoms with van der Waals surface area (Å²) in [6.07, 6.45) is 2.23. The highest BCUT2D eigenvalue weighted by Gasteiger charge is 2.53. The molecule has 1 saturated heterocycles. The zero-order valence-corrected chi connectivity index (χ0v) is 20.4. The smallest absolute Gasteiger partial charge is 0.407 e. The van der Waals surface area contributed by atoms with Gasteiger partial charge in [0.05, 0.1) is 5.69 Å². The van der Waals surface area contributed by atoms with E-state index >= 15 is 0 Å². The van der Waals surface area contributed by atoms with Crippen molar-refractivity contribution in [1.82, 2.24) is 9.88 Å². The van der Waals surface area contributed by atoms with Crippen molar-refractivity contribution in [2.24, 2.45) is 21.6 Å². The van der Waals surface area contributed by atoms with Crippen LogP contribution in [0.25, 0.3) is 0 Å². The van der Waals surface area contributed by atoms with E-state index < -0.39 is 27.7 Å². The normalized spacial score (nSPS) is 23.5. The fourth-order valence-corrected chi connectivity index (χ4v) is 5.64. The highest BCUT2D eigenvalue weighted by Crippen LogP contribution is 2.49. The van der Waals surface area contributed by atoms with Crippen molar-refractivity contribution < 1.29 is 14.5 Å². The molecule has 3 atom stereocenters. The third kappa shape index (κ3) is 5.55. The molecule has 6 nitrogen and oxygen atoms in total. The molecular formula is C23H37N3O3S. The fourth-order valence-electron chi connectivity index (χ4n) is 4.98. The predicted molar refractivity (Wildman–Crippen MR) is 123 cm³/mol. The molecule has 0 bridgehead atoms. The second kappa shape index (κ2) is 8.87. The van der Waals surface area contributed by atoms with Crippen LogP contribution in [0, 0.1) is 17.3 Å². The van der Waals surface area contributed by atoms with E-state index in [0.717, 1.165) is 17.8 Å². The number of amides is 1. The van der Waals surface area contributed by atoms with Crippen LogP contribution in [-0.4, -0.2) is 48.2 Å². The zero-order chi connectivity index (χ0) is 22.9. The van der Waals surface area contributed by atoms with Gasteiger partial charge in [-0.05, 0) is 76.8 Å². The summed E-state index contributed by atoms with van der Waals surface area (Å²) in [4.78, 5) is 17.9. The van der Waals surface area contributed by atoms with Gasteiger partial charge in [-0.1, -0.05) is 31.2 Å². The number of nitrogens with zero attached hydrogens (tertiary/aromatic N) is 3. The lowest BCUT2D eigenvalue weighted by molar-refractivity contribution is 0.0639. The van der Waals surface area contributed by atoms with Gasteiger partial charge in [-0.25, -0.2) is 4.79 Å². The van der Waals surface area contributed by atoms with Crippen LogP contribution in [0.3, 0.4) is 0 Å². The summed E-state index contributed by atoms with van der Waals surface area (Å²) in [5.41, 5.74) is 0.957. The van der Waals surface area contributed by atoms with Crippen LogP contribution in [0.2, 0.25) is 0 Å². The number of aromatic nitrogens is 1. The van der Waals surface area contributed by atoms with Crippen LogP contribution in [0.5, 0.6) is 0 Å². The van der Waals surface area contributed by atoms with Gasteiger partial charge in [0.2, 0.25) is 0 Å². The molecule has 0 spiro atoms. The molecular weight excluding hydrogens is 398 g/mol. The van der Waals surface area contributed by atoms with E-state index in [9.17, 15) is 14.5 Å². The van der Waals surface area contributed by atoms with Gasteiger partial charge in [0, 0.05) is 18.3 Å². The number of likely N-dealkylation sites (tertiary alicyclic amines) is 1. The van der Waals surface area contributed by atoms with E-state index in [-0.39, 0.29) is 17.3 Å². The van der Waals surface area contributed by atoms with Crippen molar-refractivity contribution in [2.45, 2.75) is 78.5 Å². The van der Waals surface area contributed by atoms with Crippen molar-refractivity contribution >= 4 is 23.2 Å². The Morgan fingerprint density at radius 1 is 1.30 bits per heavy atom. The summed E-state index contributed by atoms with van der Waals surface area (Å²) in [5.74, 6) is 0.382. The third-order valence-corrected chi connectivity index (χ3v) is 7.37. The Hall–Kier alpha value is -1.60. The minimum atomic E-state index is -1.38. The lowest BCUT2D eigenvalue weighted by Crippen LogP contribution is -2.48. The molecule has 1 fully saturated rings. The standard InChI is InChI=1S/C23H37N3O3S/c1-21(2,3)19-16(15-26(20(27)28)23(19,7)8)12-13-18(17-11-9-10-14-24-17)25-30(29)22(4,5)6/h9-11,14,16,19H,12-13,15H2,1-8H3,(H,27,28)/t16-,19?,30?/m1/s1. The van der Waals surface area contributed by atoms with Crippen LogP contribution >= 0.6 is 0 Å². The summed E-state index contributed by atoms with van der Waals surface area (Å²) in [5, 5.41) is 9.77.